The van der Waals surface area contributed by atoms with Crippen LogP contribution in [0.25, 0.3) is 0 Å². The van der Waals surface area contributed by atoms with E-state index in [1.807, 2.05) is 0 Å². The topological polar surface area (TPSA) is 54.2 Å². The van der Waals surface area contributed by atoms with Crippen molar-refractivity contribution in [2.24, 2.45) is 0 Å². The average molecular weight is 362 g/mol. The summed E-state index contributed by atoms with van der Waals surface area (Å²) in [5, 5.41) is 7.58. The minimum Gasteiger partial charge on any atom is -0.371 e. The van der Waals surface area contributed by atoms with Crippen LogP contribution in [-0.2, 0) is 6.54 Å². The number of hydrogen-bond donors (Lipinski definition) is 1. The summed E-state index contributed by atoms with van der Waals surface area (Å²) in [6, 6.07) is 4.46. The van der Waals surface area contributed by atoms with Gasteiger partial charge in [0.25, 0.3) is 0 Å². The van der Waals surface area contributed by atoms with Crippen molar-refractivity contribution in [3.05, 3.63) is 41.5 Å². The highest BCUT2D eigenvalue weighted by Gasteiger charge is 2.24. The fraction of sp³-hybridized carbons (Fsp3) is 0.579. The Kier molecular flexibility index (Phi) is 5.15. The number of aromatic nitrogens is 2. The smallest absolute Gasteiger partial charge is 0.229 e. The first-order valence-electron chi connectivity index (χ1n) is 9.45. The Balaban J connectivity index is 1.25. The Morgan fingerprint density at radius 3 is 2.58 bits per heavy atom. The van der Waals surface area contributed by atoms with Gasteiger partial charge in [0.1, 0.15) is 0 Å². The van der Waals surface area contributed by atoms with E-state index in [9.17, 15) is 8.78 Å². The van der Waals surface area contributed by atoms with Gasteiger partial charge in [0.05, 0.1) is 6.54 Å². The van der Waals surface area contributed by atoms with E-state index < -0.39 is 11.6 Å². The summed E-state index contributed by atoms with van der Waals surface area (Å²) in [5.41, 5.74) is 0.738. The van der Waals surface area contributed by atoms with Crippen LogP contribution < -0.4 is 10.2 Å². The standard InChI is InChI=1S/C19H24F2N4O/c20-16-6-5-15(11-17(16)21)25-9-7-14(8-10-25)22-12-18-23-19(26-24-18)13-3-1-2-4-13/h5-6,11,13-14,22H,1-4,7-10,12H2. The minimum atomic E-state index is -0.803. The van der Waals surface area contributed by atoms with E-state index >= 15 is 0 Å². The number of halogens is 2. The van der Waals surface area contributed by atoms with Crippen molar-refractivity contribution in [3.63, 3.8) is 0 Å². The molecule has 0 bridgehead atoms. The summed E-state index contributed by atoms with van der Waals surface area (Å²) >= 11 is 0. The van der Waals surface area contributed by atoms with Crippen LogP contribution in [-0.4, -0.2) is 29.3 Å². The van der Waals surface area contributed by atoms with Crippen LogP contribution in [0.2, 0.25) is 0 Å². The highest BCUT2D eigenvalue weighted by Crippen LogP contribution is 2.32. The Labute approximate surface area is 151 Å². The van der Waals surface area contributed by atoms with Gasteiger partial charge in [-0.05, 0) is 37.8 Å². The van der Waals surface area contributed by atoms with E-state index in [1.165, 1.54) is 25.0 Å². The monoisotopic (exact) mass is 362 g/mol. The lowest BCUT2D eigenvalue weighted by Crippen LogP contribution is -2.42. The predicted octanol–water partition coefficient (Wildman–Crippen LogP) is 3.76. The molecule has 1 aromatic heterocycles. The van der Waals surface area contributed by atoms with Crippen LogP contribution in [0.4, 0.5) is 14.5 Å². The molecule has 26 heavy (non-hydrogen) atoms. The van der Waals surface area contributed by atoms with E-state index in [1.54, 1.807) is 6.07 Å². The van der Waals surface area contributed by atoms with Gasteiger partial charge in [-0.1, -0.05) is 18.0 Å². The van der Waals surface area contributed by atoms with Gasteiger partial charge in [0.15, 0.2) is 17.5 Å². The minimum absolute atomic E-state index is 0.366. The molecule has 0 unspecified atom stereocenters. The molecule has 0 amide bonds. The number of nitrogens with one attached hydrogen (secondary N) is 1. The van der Waals surface area contributed by atoms with Gasteiger partial charge in [-0.15, -0.1) is 0 Å². The summed E-state index contributed by atoms with van der Waals surface area (Å²) < 4.78 is 31.9. The SMILES string of the molecule is Fc1ccc(N2CCC(NCc3noc(C4CCCC4)n3)CC2)cc1F. The quantitative estimate of drug-likeness (QED) is 0.878. The second-order valence-corrected chi connectivity index (χ2v) is 7.27. The Bertz CT molecular complexity index is 737. The summed E-state index contributed by atoms with van der Waals surface area (Å²) in [5.74, 6) is 0.346. The Morgan fingerprint density at radius 1 is 1.08 bits per heavy atom. The molecule has 1 aliphatic carbocycles. The third-order valence-electron chi connectivity index (χ3n) is 5.50. The largest absolute Gasteiger partial charge is 0.371 e. The van der Waals surface area contributed by atoms with Crippen molar-refractivity contribution in [1.82, 2.24) is 15.5 Å². The predicted molar refractivity (Wildman–Crippen MR) is 93.9 cm³/mol. The zero-order valence-corrected chi connectivity index (χ0v) is 14.8. The molecule has 5 nitrogen and oxygen atoms in total. The number of nitrogens with zero attached hydrogens (tertiary/aromatic N) is 3. The molecule has 0 spiro atoms. The molecule has 2 heterocycles. The van der Waals surface area contributed by atoms with Crippen molar-refractivity contribution in [3.8, 4) is 0 Å². The van der Waals surface area contributed by atoms with Crippen molar-refractivity contribution >= 4 is 5.69 Å². The number of rotatable bonds is 5. The van der Waals surface area contributed by atoms with E-state index in [2.05, 4.69) is 20.4 Å². The average Bonchev–Trinajstić information content (AvgIpc) is 3.34. The number of hydrogen-bond acceptors (Lipinski definition) is 5. The molecule has 7 heteroatoms. The number of piperidine rings is 1. The summed E-state index contributed by atoms with van der Waals surface area (Å²) in [4.78, 5) is 6.62. The Morgan fingerprint density at radius 2 is 1.85 bits per heavy atom. The zero-order chi connectivity index (χ0) is 17.9. The molecule has 1 saturated heterocycles. The van der Waals surface area contributed by atoms with E-state index in [0.29, 0.717) is 18.5 Å². The lowest BCUT2D eigenvalue weighted by Gasteiger charge is -2.34. The third-order valence-corrected chi connectivity index (χ3v) is 5.50. The van der Waals surface area contributed by atoms with E-state index in [-0.39, 0.29) is 0 Å². The number of benzene rings is 1. The second kappa shape index (κ2) is 7.70. The molecule has 2 fully saturated rings. The first kappa shape index (κ1) is 17.4. The van der Waals surface area contributed by atoms with E-state index in [4.69, 9.17) is 4.52 Å². The maximum absolute atomic E-state index is 13.4. The normalized spacial score (nSPS) is 19.4. The van der Waals surface area contributed by atoms with Crippen molar-refractivity contribution < 1.29 is 13.3 Å². The van der Waals surface area contributed by atoms with Gasteiger partial charge in [0.2, 0.25) is 5.89 Å². The Hall–Kier alpha value is -2.02. The molecule has 1 aromatic carbocycles. The molecule has 0 radical (unpaired) electrons. The summed E-state index contributed by atoms with van der Waals surface area (Å²) in [6.45, 7) is 2.22. The molecule has 140 valence electrons. The molecule has 1 saturated carbocycles. The van der Waals surface area contributed by atoms with Crippen LogP contribution in [0.3, 0.4) is 0 Å². The molecule has 1 N–H and O–H groups in total. The molecule has 0 atom stereocenters. The highest BCUT2D eigenvalue weighted by atomic mass is 19.2. The molecule has 2 aliphatic rings. The molecular weight excluding hydrogens is 338 g/mol. The number of anilines is 1. The summed E-state index contributed by atoms with van der Waals surface area (Å²) in [6.07, 6.45) is 6.67. The molecule has 4 rings (SSSR count). The zero-order valence-electron chi connectivity index (χ0n) is 14.8. The van der Waals surface area contributed by atoms with Gasteiger partial charge in [-0.25, -0.2) is 8.78 Å². The third kappa shape index (κ3) is 3.87. The van der Waals surface area contributed by atoms with Crippen molar-refractivity contribution in [1.29, 1.82) is 0 Å². The molecule has 1 aliphatic heterocycles. The summed E-state index contributed by atoms with van der Waals surface area (Å²) in [7, 11) is 0. The van der Waals surface area contributed by atoms with Crippen LogP contribution in [0, 0.1) is 11.6 Å². The first-order chi connectivity index (χ1) is 12.7. The maximum atomic E-state index is 13.4. The molecular formula is C19H24F2N4O. The van der Waals surface area contributed by atoms with Gasteiger partial charge in [-0.2, -0.15) is 4.98 Å². The lowest BCUT2D eigenvalue weighted by atomic mass is 10.0. The van der Waals surface area contributed by atoms with Gasteiger partial charge < -0.3 is 14.7 Å². The second-order valence-electron chi connectivity index (χ2n) is 7.27. The maximum Gasteiger partial charge on any atom is 0.229 e. The lowest BCUT2D eigenvalue weighted by molar-refractivity contribution is 0.346. The van der Waals surface area contributed by atoms with Crippen LogP contribution in [0.5, 0.6) is 0 Å². The first-order valence-corrected chi connectivity index (χ1v) is 9.45. The van der Waals surface area contributed by atoms with Crippen LogP contribution in [0.1, 0.15) is 56.2 Å². The fourth-order valence-corrected chi connectivity index (χ4v) is 3.94. The fourth-order valence-electron chi connectivity index (χ4n) is 3.94. The van der Waals surface area contributed by atoms with Crippen molar-refractivity contribution in [2.75, 3.05) is 18.0 Å². The van der Waals surface area contributed by atoms with Gasteiger partial charge in [-0.3, -0.25) is 0 Å². The van der Waals surface area contributed by atoms with E-state index in [0.717, 1.165) is 56.2 Å². The van der Waals surface area contributed by atoms with Crippen LogP contribution in [0.15, 0.2) is 22.7 Å². The van der Waals surface area contributed by atoms with Gasteiger partial charge in [0, 0.05) is 36.8 Å². The van der Waals surface area contributed by atoms with Crippen LogP contribution >= 0.6 is 0 Å². The highest BCUT2D eigenvalue weighted by molar-refractivity contribution is 5.47. The van der Waals surface area contributed by atoms with Crippen molar-refractivity contribution in [2.45, 2.75) is 57.0 Å². The molecule has 2 aromatic rings. The van der Waals surface area contributed by atoms with Gasteiger partial charge >= 0.3 is 0 Å².